The molecular formula is C19H28N2O3SSi. The molecule has 7 heteroatoms. The van der Waals surface area contributed by atoms with Crippen molar-refractivity contribution in [3.05, 3.63) is 35.9 Å². The number of nitrogens with zero attached hydrogens (tertiary/aromatic N) is 1. The molecule has 1 fully saturated rings. The number of benzene rings is 1. The predicted octanol–water partition coefficient (Wildman–Crippen LogP) is 3.56. The standard InChI is InChI=1S/C19H28N2O3SSi/c1-13(25)20-19(15-11-9-8-10-12-15)16(23)21(17(19)24-14(2)22)26(6,7)18(3,4)5/h8-12,17H,1-7H3,(H,20,25). The molecular weight excluding hydrogens is 364 g/mol. The first-order valence-corrected chi connectivity index (χ1v) is 12.1. The number of amides is 1. The molecule has 0 radical (unpaired) electrons. The lowest BCUT2D eigenvalue weighted by Crippen LogP contribution is -2.84. The van der Waals surface area contributed by atoms with E-state index in [0.717, 1.165) is 5.56 Å². The molecule has 142 valence electrons. The molecule has 0 bridgehead atoms. The van der Waals surface area contributed by atoms with Crippen LogP contribution in [0.1, 0.15) is 40.2 Å². The maximum absolute atomic E-state index is 13.6. The van der Waals surface area contributed by atoms with Gasteiger partial charge in [0.2, 0.25) is 6.23 Å². The Hall–Kier alpha value is -1.73. The maximum atomic E-state index is 13.6. The Kier molecular flexibility index (Phi) is 5.36. The normalized spacial score (nSPS) is 23.3. The van der Waals surface area contributed by atoms with Gasteiger partial charge in [-0.05, 0) is 17.5 Å². The number of hydrogen-bond donors (Lipinski definition) is 1. The molecule has 2 rings (SSSR count). The summed E-state index contributed by atoms with van der Waals surface area (Å²) in [7, 11) is -2.26. The van der Waals surface area contributed by atoms with E-state index in [1.807, 2.05) is 30.3 Å². The van der Waals surface area contributed by atoms with E-state index in [2.05, 4.69) is 39.2 Å². The second-order valence-corrected chi connectivity index (χ2v) is 14.0. The molecule has 1 saturated heterocycles. The molecule has 2 atom stereocenters. The van der Waals surface area contributed by atoms with Crippen molar-refractivity contribution < 1.29 is 14.3 Å². The van der Waals surface area contributed by atoms with Crippen molar-refractivity contribution in [1.29, 1.82) is 0 Å². The lowest BCUT2D eigenvalue weighted by Gasteiger charge is -2.62. The van der Waals surface area contributed by atoms with Gasteiger partial charge in [0.15, 0.2) is 13.8 Å². The highest BCUT2D eigenvalue weighted by atomic mass is 32.1. The van der Waals surface area contributed by atoms with Gasteiger partial charge < -0.3 is 14.6 Å². The molecule has 0 saturated carbocycles. The number of carbonyl (C=O) groups excluding carboxylic acids is 2. The van der Waals surface area contributed by atoms with Crippen LogP contribution in [0.15, 0.2) is 30.3 Å². The van der Waals surface area contributed by atoms with Gasteiger partial charge in [0.25, 0.3) is 5.91 Å². The van der Waals surface area contributed by atoms with Crippen LogP contribution >= 0.6 is 12.2 Å². The van der Waals surface area contributed by atoms with Crippen molar-refractivity contribution in [3.63, 3.8) is 0 Å². The third-order valence-corrected chi connectivity index (χ3v) is 10.9. The minimum atomic E-state index is -2.26. The minimum absolute atomic E-state index is 0.0867. The van der Waals surface area contributed by atoms with Gasteiger partial charge in [-0.3, -0.25) is 9.59 Å². The van der Waals surface area contributed by atoms with Crippen molar-refractivity contribution in [2.75, 3.05) is 0 Å². The van der Waals surface area contributed by atoms with Crippen LogP contribution in [0.3, 0.4) is 0 Å². The fourth-order valence-electron chi connectivity index (χ4n) is 3.17. The second kappa shape index (κ2) is 6.77. The number of ether oxygens (including phenoxy) is 1. The summed E-state index contributed by atoms with van der Waals surface area (Å²) in [6.45, 7) is 13.7. The molecule has 0 aliphatic carbocycles. The number of carbonyl (C=O) groups is 2. The Balaban J connectivity index is 2.63. The zero-order chi connectivity index (χ0) is 19.9. The van der Waals surface area contributed by atoms with Gasteiger partial charge >= 0.3 is 5.97 Å². The van der Waals surface area contributed by atoms with Crippen molar-refractivity contribution in [2.45, 2.75) is 64.5 Å². The highest BCUT2D eigenvalue weighted by Crippen LogP contribution is 2.50. The molecule has 26 heavy (non-hydrogen) atoms. The third kappa shape index (κ3) is 3.18. The number of hydrogen-bond acceptors (Lipinski definition) is 4. The van der Waals surface area contributed by atoms with E-state index in [0.29, 0.717) is 4.99 Å². The average Bonchev–Trinajstić information content (AvgIpc) is 2.51. The highest BCUT2D eigenvalue weighted by Gasteiger charge is 2.69. The summed E-state index contributed by atoms with van der Waals surface area (Å²) in [5.74, 6) is -0.513. The van der Waals surface area contributed by atoms with Crippen molar-refractivity contribution in [2.24, 2.45) is 0 Å². The van der Waals surface area contributed by atoms with Crippen LogP contribution < -0.4 is 5.32 Å². The zero-order valence-corrected chi connectivity index (χ0v) is 18.4. The number of esters is 1. The van der Waals surface area contributed by atoms with Gasteiger partial charge in [-0.15, -0.1) is 0 Å². The average molecular weight is 393 g/mol. The molecule has 0 aromatic heterocycles. The summed E-state index contributed by atoms with van der Waals surface area (Å²) in [5, 5.41) is 3.07. The Morgan fingerprint density at radius 3 is 2.19 bits per heavy atom. The summed E-state index contributed by atoms with van der Waals surface area (Å²) in [6, 6.07) is 9.34. The van der Waals surface area contributed by atoms with E-state index >= 15 is 0 Å². The Morgan fingerprint density at radius 1 is 1.23 bits per heavy atom. The van der Waals surface area contributed by atoms with Gasteiger partial charge in [-0.25, -0.2) is 0 Å². The molecule has 1 aromatic carbocycles. The summed E-state index contributed by atoms with van der Waals surface area (Å²) in [4.78, 5) is 25.9. The molecule has 2 unspecified atom stereocenters. The number of β-lactam (4-membered cyclic amide) rings is 1. The van der Waals surface area contributed by atoms with Gasteiger partial charge in [-0.1, -0.05) is 76.4 Å². The van der Waals surface area contributed by atoms with Crippen LogP contribution in [0.4, 0.5) is 0 Å². The summed E-state index contributed by atoms with van der Waals surface area (Å²) in [5.41, 5.74) is -0.427. The monoisotopic (exact) mass is 392 g/mol. The van der Waals surface area contributed by atoms with E-state index in [4.69, 9.17) is 17.0 Å². The summed E-state index contributed by atoms with van der Waals surface area (Å²) >= 11 is 5.26. The first-order valence-electron chi connectivity index (χ1n) is 8.71. The molecule has 1 N–H and O–H groups in total. The zero-order valence-electron chi connectivity index (χ0n) is 16.5. The lowest BCUT2D eigenvalue weighted by atomic mass is 9.80. The molecule has 1 heterocycles. The molecule has 0 spiro atoms. The van der Waals surface area contributed by atoms with Crippen LogP contribution in [-0.2, 0) is 19.9 Å². The van der Waals surface area contributed by atoms with Crippen molar-refractivity contribution >= 4 is 37.3 Å². The highest BCUT2D eigenvalue weighted by molar-refractivity contribution is 7.80. The maximum Gasteiger partial charge on any atom is 0.304 e. The topological polar surface area (TPSA) is 58.6 Å². The van der Waals surface area contributed by atoms with Crippen molar-refractivity contribution in [1.82, 2.24) is 9.88 Å². The van der Waals surface area contributed by atoms with Crippen LogP contribution in [0, 0.1) is 0 Å². The summed E-state index contributed by atoms with van der Waals surface area (Å²) < 4.78 is 7.50. The quantitative estimate of drug-likeness (QED) is 0.367. The molecule has 1 aromatic rings. The summed E-state index contributed by atoms with van der Waals surface area (Å²) in [6.07, 6.45) is -0.728. The Bertz CT molecular complexity index is 730. The number of thiocarbonyl (C=S) groups is 1. The van der Waals surface area contributed by atoms with E-state index in [9.17, 15) is 9.59 Å². The number of nitrogens with one attached hydrogen (secondary N) is 1. The first-order chi connectivity index (χ1) is 11.9. The molecule has 1 amide bonds. The van der Waals surface area contributed by atoms with E-state index < -0.39 is 26.0 Å². The minimum Gasteiger partial charge on any atom is -0.439 e. The molecule has 1 aliphatic heterocycles. The molecule has 1 aliphatic rings. The first kappa shape index (κ1) is 20.6. The van der Waals surface area contributed by atoms with Gasteiger partial charge in [0.05, 0.1) is 4.99 Å². The van der Waals surface area contributed by atoms with E-state index in [-0.39, 0.29) is 10.9 Å². The van der Waals surface area contributed by atoms with Gasteiger partial charge in [-0.2, -0.15) is 0 Å². The molecule has 5 nitrogen and oxygen atoms in total. The van der Waals surface area contributed by atoms with Crippen LogP contribution in [0.2, 0.25) is 18.1 Å². The Morgan fingerprint density at radius 2 is 1.77 bits per heavy atom. The second-order valence-electron chi connectivity index (χ2n) is 8.30. The van der Waals surface area contributed by atoms with Crippen LogP contribution in [0.25, 0.3) is 0 Å². The SMILES string of the molecule is CC(=O)OC1N([Si](C)(C)C(C)(C)C)C(=O)C1(NC(C)=S)c1ccccc1. The van der Waals surface area contributed by atoms with E-state index in [1.165, 1.54) is 6.92 Å². The predicted molar refractivity (Wildman–Crippen MR) is 109 cm³/mol. The van der Waals surface area contributed by atoms with Gasteiger partial charge in [0.1, 0.15) is 0 Å². The van der Waals surface area contributed by atoms with Crippen LogP contribution in [0.5, 0.6) is 0 Å². The van der Waals surface area contributed by atoms with Gasteiger partial charge in [0, 0.05) is 6.92 Å². The lowest BCUT2D eigenvalue weighted by molar-refractivity contribution is -0.194. The fourth-order valence-corrected chi connectivity index (χ4v) is 5.57. The van der Waals surface area contributed by atoms with Crippen molar-refractivity contribution in [3.8, 4) is 0 Å². The fraction of sp³-hybridized carbons (Fsp3) is 0.526. The Labute approximate surface area is 162 Å². The smallest absolute Gasteiger partial charge is 0.304 e. The third-order valence-electron chi connectivity index (χ3n) is 5.48. The largest absolute Gasteiger partial charge is 0.439 e. The van der Waals surface area contributed by atoms with E-state index in [1.54, 1.807) is 11.5 Å². The van der Waals surface area contributed by atoms with Crippen LogP contribution in [-0.4, -0.2) is 35.9 Å². The number of rotatable bonds is 4.